The Balaban J connectivity index is 1.28. The van der Waals surface area contributed by atoms with Crippen molar-refractivity contribution in [1.82, 2.24) is 0 Å². The molecule has 1 spiro atoms. The average Bonchev–Trinajstić information content (AvgIpc) is 3.91. The summed E-state index contributed by atoms with van der Waals surface area (Å²) in [6.45, 7) is 1.56. The van der Waals surface area contributed by atoms with Crippen LogP contribution in [0, 0.1) is 69.7 Å². The summed E-state index contributed by atoms with van der Waals surface area (Å²) < 4.78 is 43.2. The summed E-state index contributed by atoms with van der Waals surface area (Å²) in [6, 6.07) is 17.9. The third-order valence-corrected chi connectivity index (χ3v) is 18.3. The molecule has 4 aromatic rings. The molecule has 8 rings (SSSR count). The highest BCUT2D eigenvalue weighted by molar-refractivity contribution is 7.29. The number of aryl methyl sites for hydroxylation is 1. The molecule has 4 aliphatic rings. The van der Waals surface area contributed by atoms with E-state index >= 15 is 0 Å². The minimum absolute atomic E-state index is 0.000392. The molecule has 1 saturated heterocycles. The number of nitrogens with zero attached hydrogens (tertiary/aromatic N) is 4. The van der Waals surface area contributed by atoms with E-state index in [4.69, 9.17) is 0 Å². The van der Waals surface area contributed by atoms with Gasteiger partial charge in [0, 0.05) is 52.9 Å². The maximum Gasteiger partial charge on any atom is 0.194 e. The van der Waals surface area contributed by atoms with Crippen molar-refractivity contribution in [2.75, 3.05) is 0 Å². The topological polar surface area (TPSA) is 129 Å². The Hall–Kier alpha value is -5.89. The summed E-state index contributed by atoms with van der Waals surface area (Å²) in [6.07, 6.45) is 6.47. The first-order valence-electron chi connectivity index (χ1n) is 16.3. The molecule has 0 radical (unpaired) electrons. The summed E-state index contributed by atoms with van der Waals surface area (Å²) in [5.74, 6) is -4.02. The van der Waals surface area contributed by atoms with Crippen LogP contribution in [-0.4, -0.2) is 19.6 Å². The van der Waals surface area contributed by atoms with Crippen LogP contribution in [-0.2, 0) is 0 Å². The van der Waals surface area contributed by atoms with Gasteiger partial charge in [0.2, 0.25) is 0 Å². The van der Waals surface area contributed by atoms with E-state index in [9.17, 15) is 43.8 Å². The van der Waals surface area contributed by atoms with Crippen LogP contribution in [0.15, 0.2) is 58.7 Å². The summed E-state index contributed by atoms with van der Waals surface area (Å²) in [7, 11) is -2.32. The molecular formula is C40H21F3N4O2S2Si. The quantitative estimate of drug-likeness (QED) is 0.115. The van der Waals surface area contributed by atoms with Gasteiger partial charge in [-0.1, -0.05) is 19.3 Å². The zero-order valence-corrected chi connectivity index (χ0v) is 29.8. The van der Waals surface area contributed by atoms with Gasteiger partial charge in [0.15, 0.2) is 23.2 Å². The highest BCUT2D eigenvalue weighted by Gasteiger charge is 2.48. The van der Waals surface area contributed by atoms with Gasteiger partial charge in [-0.15, -0.1) is 22.7 Å². The molecule has 0 atom stereocenters. The van der Waals surface area contributed by atoms with Crippen molar-refractivity contribution in [3.63, 3.8) is 0 Å². The van der Waals surface area contributed by atoms with E-state index in [1.807, 2.05) is 12.1 Å². The van der Waals surface area contributed by atoms with Crippen molar-refractivity contribution in [1.29, 1.82) is 21.0 Å². The zero-order valence-electron chi connectivity index (χ0n) is 27.2. The van der Waals surface area contributed by atoms with Gasteiger partial charge in [0.25, 0.3) is 0 Å². The second-order valence-corrected chi connectivity index (χ2v) is 19.5. The number of nitriles is 4. The van der Waals surface area contributed by atoms with Gasteiger partial charge in [-0.2, -0.15) is 21.0 Å². The first-order valence-corrected chi connectivity index (χ1v) is 20.3. The van der Waals surface area contributed by atoms with Crippen molar-refractivity contribution in [3.05, 3.63) is 114 Å². The first-order chi connectivity index (χ1) is 25.0. The molecule has 4 heterocycles. The number of rotatable bonds is 2. The summed E-state index contributed by atoms with van der Waals surface area (Å²) in [5.41, 5.74) is 0.363. The van der Waals surface area contributed by atoms with Crippen LogP contribution in [0.2, 0.25) is 12.1 Å². The minimum atomic E-state index is -2.32. The molecule has 0 saturated carbocycles. The van der Waals surface area contributed by atoms with E-state index in [0.29, 0.717) is 16.0 Å². The van der Waals surface area contributed by atoms with Crippen molar-refractivity contribution in [2.24, 2.45) is 0 Å². The van der Waals surface area contributed by atoms with Crippen LogP contribution < -0.4 is 10.4 Å². The Morgan fingerprint density at radius 3 is 1.52 bits per heavy atom. The standard InChI is InChI=1S/C40H21F3N4O2S2Si/c1-19-7-24-26(13-30(19)41)37(48)28(35(24)20(15-44)16-45)8-22-10-33-39(50-22)40-34(52(33)5-3-2-4-6-52)11-23(51-40)9-29-36(21(17-46)18-47)25-12-31(42)32(43)14-27(25)38(29)49/h7-14H,2-6H2,1H3/b28-8-,29-9-. The lowest BCUT2D eigenvalue weighted by atomic mass is 9.98. The second kappa shape index (κ2) is 12.1. The molecule has 2 aliphatic carbocycles. The molecule has 0 unspecified atom stereocenters. The number of ketones is 2. The molecule has 0 N–H and O–H groups in total. The van der Waals surface area contributed by atoms with Gasteiger partial charge in [0.1, 0.15) is 49.3 Å². The van der Waals surface area contributed by atoms with Crippen molar-refractivity contribution in [2.45, 2.75) is 38.3 Å². The Kier molecular flexibility index (Phi) is 7.75. The molecule has 1 fully saturated rings. The molecule has 52 heavy (non-hydrogen) atoms. The molecule has 2 aromatic carbocycles. The lowest BCUT2D eigenvalue weighted by Gasteiger charge is -2.32. The van der Waals surface area contributed by atoms with Crippen molar-refractivity contribution in [3.8, 4) is 34.0 Å². The molecule has 250 valence electrons. The normalized spacial score (nSPS) is 17.8. The highest BCUT2D eigenvalue weighted by Crippen LogP contribution is 2.48. The number of hydrogen-bond acceptors (Lipinski definition) is 8. The van der Waals surface area contributed by atoms with Crippen LogP contribution in [0.3, 0.4) is 0 Å². The number of benzene rings is 2. The number of allylic oxidation sites excluding steroid dienone is 6. The maximum absolute atomic E-state index is 14.6. The van der Waals surface area contributed by atoms with Crippen LogP contribution in [0.4, 0.5) is 13.2 Å². The minimum Gasteiger partial charge on any atom is -0.289 e. The number of halogens is 3. The lowest BCUT2D eigenvalue weighted by molar-refractivity contribution is 0.103. The first kappa shape index (κ1) is 33.3. The summed E-state index contributed by atoms with van der Waals surface area (Å²) >= 11 is 2.94. The smallest absolute Gasteiger partial charge is 0.194 e. The monoisotopic (exact) mass is 738 g/mol. The van der Waals surface area contributed by atoms with E-state index in [1.54, 1.807) is 31.2 Å². The van der Waals surface area contributed by atoms with Gasteiger partial charge < -0.3 is 0 Å². The Labute approximate surface area is 304 Å². The van der Waals surface area contributed by atoms with E-state index < -0.39 is 37.1 Å². The molecule has 2 aliphatic heterocycles. The van der Waals surface area contributed by atoms with Gasteiger partial charge in [-0.05, 0) is 94.6 Å². The number of thiophene rings is 2. The second-order valence-electron chi connectivity index (χ2n) is 13.1. The van der Waals surface area contributed by atoms with E-state index in [-0.39, 0.29) is 50.1 Å². The van der Waals surface area contributed by atoms with Crippen LogP contribution in [0.1, 0.15) is 66.4 Å². The van der Waals surface area contributed by atoms with Crippen LogP contribution in [0.5, 0.6) is 0 Å². The fourth-order valence-corrected chi connectivity index (χ4v) is 17.4. The van der Waals surface area contributed by atoms with E-state index in [2.05, 4.69) is 12.1 Å². The zero-order chi connectivity index (χ0) is 36.6. The average molecular weight is 739 g/mol. The van der Waals surface area contributed by atoms with Crippen molar-refractivity contribution < 1.29 is 22.8 Å². The van der Waals surface area contributed by atoms with E-state index in [1.165, 1.54) is 39.1 Å². The van der Waals surface area contributed by atoms with Crippen molar-refractivity contribution >= 4 is 76.0 Å². The third kappa shape index (κ3) is 4.70. The number of fused-ring (bicyclic) bond motifs is 7. The summed E-state index contributed by atoms with van der Waals surface area (Å²) in [4.78, 5) is 30.9. The third-order valence-electron chi connectivity index (χ3n) is 10.4. The molecule has 12 heteroatoms. The lowest BCUT2D eigenvalue weighted by Crippen LogP contribution is -2.55. The molecule has 2 aromatic heterocycles. The molecular weight excluding hydrogens is 718 g/mol. The predicted molar refractivity (Wildman–Crippen MR) is 195 cm³/mol. The van der Waals surface area contributed by atoms with Gasteiger partial charge in [-0.25, -0.2) is 13.2 Å². The summed E-state index contributed by atoms with van der Waals surface area (Å²) in [5, 5.41) is 41.6. The largest absolute Gasteiger partial charge is 0.289 e. The SMILES string of the molecule is Cc1cc2c(cc1F)C(=O)/C(=C\c1cc3c(s1)-c1sc(/C=C4\C(=O)c5cc(F)c(F)cc5C4=C(C#N)C#N)cc1[Si]31CCCCC1)C2=C(C#N)C#N. The molecule has 0 bridgehead atoms. The van der Waals surface area contributed by atoms with Gasteiger partial charge >= 0.3 is 0 Å². The predicted octanol–water partition coefficient (Wildman–Crippen LogP) is 8.42. The van der Waals surface area contributed by atoms with Crippen LogP contribution >= 0.6 is 22.7 Å². The number of carbonyl (C=O) groups is 2. The fraction of sp³-hybridized carbons (Fsp3) is 0.150. The number of Topliss-reactive ketones (excluding diaryl/α,β-unsaturated/α-hetero) is 2. The number of carbonyl (C=O) groups excluding carboxylic acids is 2. The van der Waals surface area contributed by atoms with Crippen LogP contribution in [0.25, 0.3) is 33.1 Å². The number of hydrogen-bond donors (Lipinski definition) is 0. The van der Waals surface area contributed by atoms with E-state index in [0.717, 1.165) is 64.2 Å². The molecule has 0 amide bonds. The highest BCUT2D eigenvalue weighted by atomic mass is 32.1. The van der Waals surface area contributed by atoms with Gasteiger partial charge in [-0.3, -0.25) is 9.59 Å². The molecule has 6 nitrogen and oxygen atoms in total. The Morgan fingerprint density at radius 1 is 0.635 bits per heavy atom. The maximum atomic E-state index is 14.6. The van der Waals surface area contributed by atoms with Gasteiger partial charge in [0.05, 0.1) is 0 Å². The Morgan fingerprint density at radius 2 is 1.06 bits per heavy atom. The Bertz CT molecular complexity index is 2490. The fourth-order valence-electron chi connectivity index (χ4n) is 8.05.